The van der Waals surface area contributed by atoms with Crippen LogP contribution in [-0.4, -0.2) is 25.3 Å². The highest BCUT2D eigenvalue weighted by atomic mass is 16.5. The van der Waals surface area contributed by atoms with Gasteiger partial charge < -0.3 is 4.74 Å². The highest BCUT2D eigenvalue weighted by Crippen LogP contribution is 1.92. The molecule has 0 aromatic heterocycles. The van der Waals surface area contributed by atoms with Crippen LogP contribution in [0, 0.1) is 0 Å². The number of nitrogens with zero attached hydrogens (tertiary/aromatic N) is 1. The van der Waals surface area contributed by atoms with E-state index in [2.05, 4.69) is 10.5 Å². The van der Waals surface area contributed by atoms with Crippen LogP contribution in [0.5, 0.6) is 0 Å². The highest BCUT2D eigenvalue weighted by Gasteiger charge is 1.96. The van der Waals surface area contributed by atoms with Crippen molar-refractivity contribution in [3.8, 4) is 0 Å². The fraction of sp³-hybridized carbons (Fsp3) is 0.273. The van der Waals surface area contributed by atoms with Gasteiger partial charge in [-0.15, -0.1) is 0 Å². The molecule has 0 fully saturated rings. The molecule has 0 radical (unpaired) electrons. The first-order valence-corrected chi connectivity index (χ1v) is 4.77. The van der Waals surface area contributed by atoms with Crippen LogP contribution in [0.2, 0.25) is 0 Å². The Bertz CT molecular complexity index is 323. The molecule has 0 saturated carbocycles. The number of benzene rings is 1. The number of hydrogen-bond acceptors (Lipinski definition) is 3. The zero-order valence-electron chi connectivity index (χ0n) is 8.64. The third-order valence-corrected chi connectivity index (χ3v) is 1.64. The monoisotopic (exact) mass is 206 g/mol. The number of nitrogens with one attached hydrogen (secondary N) is 1. The van der Waals surface area contributed by atoms with Gasteiger partial charge >= 0.3 is 0 Å². The zero-order valence-corrected chi connectivity index (χ0v) is 8.64. The number of carbonyl (C=O) groups is 1. The van der Waals surface area contributed by atoms with E-state index >= 15 is 0 Å². The van der Waals surface area contributed by atoms with Gasteiger partial charge in [0.1, 0.15) is 6.61 Å². The van der Waals surface area contributed by atoms with Crippen LogP contribution in [0.4, 0.5) is 0 Å². The summed E-state index contributed by atoms with van der Waals surface area (Å²) in [4.78, 5) is 11.0. The molecule has 1 N–H and O–H groups in total. The van der Waals surface area contributed by atoms with E-state index in [1.54, 1.807) is 6.21 Å². The van der Waals surface area contributed by atoms with Gasteiger partial charge in [0, 0.05) is 6.61 Å². The summed E-state index contributed by atoms with van der Waals surface area (Å²) in [6, 6.07) is 9.54. The van der Waals surface area contributed by atoms with Crippen molar-refractivity contribution < 1.29 is 9.53 Å². The molecule has 0 atom stereocenters. The minimum absolute atomic E-state index is 0.0443. The minimum atomic E-state index is -0.246. The molecule has 1 aromatic carbocycles. The van der Waals surface area contributed by atoms with Crippen molar-refractivity contribution in [1.82, 2.24) is 5.43 Å². The van der Waals surface area contributed by atoms with Gasteiger partial charge in [0.2, 0.25) is 0 Å². The second-order valence-electron chi connectivity index (χ2n) is 2.84. The van der Waals surface area contributed by atoms with E-state index in [4.69, 9.17) is 4.74 Å². The SMILES string of the molecule is CCOCC(=O)N/N=C\c1ccccc1. The lowest BCUT2D eigenvalue weighted by molar-refractivity contribution is -0.125. The Morgan fingerprint density at radius 3 is 2.87 bits per heavy atom. The third kappa shape index (κ3) is 4.93. The Hall–Kier alpha value is -1.68. The number of rotatable bonds is 5. The average molecular weight is 206 g/mol. The van der Waals surface area contributed by atoms with E-state index in [0.717, 1.165) is 5.56 Å². The molecule has 0 unspecified atom stereocenters. The first kappa shape index (κ1) is 11.4. The van der Waals surface area contributed by atoms with Gasteiger partial charge in [0.25, 0.3) is 5.91 Å². The number of hydrogen-bond donors (Lipinski definition) is 1. The summed E-state index contributed by atoms with van der Waals surface area (Å²) in [5.74, 6) is -0.246. The van der Waals surface area contributed by atoms with Crippen molar-refractivity contribution >= 4 is 12.1 Å². The molecular weight excluding hydrogens is 192 g/mol. The predicted molar refractivity (Wildman–Crippen MR) is 58.7 cm³/mol. The van der Waals surface area contributed by atoms with Gasteiger partial charge in [-0.1, -0.05) is 30.3 Å². The van der Waals surface area contributed by atoms with Gasteiger partial charge in [-0.25, -0.2) is 5.43 Å². The quantitative estimate of drug-likeness (QED) is 0.581. The lowest BCUT2D eigenvalue weighted by atomic mass is 10.2. The van der Waals surface area contributed by atoms with Crippen LogP contribution in [0.25, 0.3) is 0 Å². The lowest BCUT2D eigenvalue weighted by Gasteiger charge is -1.98. The van der Waals surface area contributed by atoms with Gasteiger partial charge in [0.15, 0.2) is 0 Å². The summed E-state index contributed by atoms with van der Waals surface area (Å²) in [5.41, 5.74) is 3.31. The number of amides is 1. The molecule has 15 heavy (non-hydrogen) atoms. The molecule has 1 aromatic rings. The fourth-order valence-corrected chi connectivity index (χ4v) is 0.945. The van der Waals surface area contributed by atoms with Crippen LogP contribution in [0.1, 0.15) is 12.5 Å². The number of ether oxygens (including phenoxy) is 1. The maximum absolute atomic E-state index is 11.0. The molecule has 4 nitrogen and oxygen atoms in total. The maximum atomic E-state index is 11.0. The molecule has 4 heteroatoms. The smallest absolute Gasteiger partial charge is 0.266 e. The molecule has 80 valence electrons. The van der Waals surface area contributed by atoms with Crippen LogP contribution in [0.3, 0.4) is 0 Å². The Morgan fingerprint density at radius 2 is 2.20 bits per heavy atom. The molecule has 0 aliphatic rings. The van der Waals surface area contributed by atoms with Crippen molar-refractivity contribution in [3.05, 3.63) is 35.9 Å². The molecule has 0 bridgehead atoms. The van der Waals surface area contributed by atoms with E-state index in [1.165, 1.54) is 0 Å². The van der Waals surface area contributed by atoms with Gasteiger partial charge in [0.05, 0.1) is 6.21 Å². The molecule has 1 amide bonds. The highest BCUT2D eigenvalue weighted by molar-refractivity contribution is 5.82. The summed E-state index contributed by atoms with van der Waals surface area (Å²) in [5, 5.41) is 3.79. The van der Waals surface area contributed by atoms with Crippen LogP contribution in [0.15, 0.2) is 35.4 Å². The summed E-state index contributed by atoms with van der Waals surface area (Å²) in [7, 11) is 0. The zero-order chi connectivity index (χ0) is 10.9. The Kier molecular flexibility index (Phi) is 5.11. The molecule has 0 saturated heterocycles. The van der Waals surface area contributed by atoms with Crippen LogP contribution in [-0.2, 0) is 9.53 Å². The summed E-state index contributed by atoms with van der Waals surface area (Å²) in [6.45, 7) is 2.40. The van der Waals surface area contributed by atoms with Gasteiger partial charge in [-0.05, 0) is 12.5 Å². The standard InChI is InChI=1S/C11H14N2O2/c1-2-15-9-11(14)13-12-8-10-6-4-3-5-7-10/h3-8H,2,9H2,1H3,(H,13,14)/b12-8-. The van der Waals surface area contributed by atoms with E-state index in [0.29, 0.717) is 6.61 Å². The number of hydrazone groups is 1. The summed E-state index contributed by atoms with van der Waals surface area (Å²) in [6.07, 6.45) is 1.59. The van der Waals surface area contributed by atoms with Crippen molar-refractivity contribution in [2.75, 3.05) is 13.2 Å². The Morgan fingerprint density at radius 1 is 1.47 bits per heavy atom. The normalized spacial score (nSPS) is 10.5. The molecule has 0 aliphatic carbocycles. The van der Waals surface area contributed by atoms with E-state index in [9.17, 15) is 4.79 Å². The van der Waals surface area contributed by atoms with E-state index in [-0.39, 0.29) is 12.5 Å². The molecule has 0 aliphatic heterocycles. The summed E-state index contributed by atoms with van der Waals surface area (Å²) < 4.78 is 4.91. The van der Waals surface area contributed by atoms with Crippen LogP contribution >= 0.6 is 0 Å². The molecular formula is C11H14N2O2. The van der Waals surface area contributed by atoms with E-state index in [1.807, 2.05) is 37.3 Å². The Balaban J connectivity index is 2.31. The topological polar surface area (TPSA) is 50.7 Å². The van der Waals surface area contributed by atoms with Crippen molar-refractivity contribution in [1.29, 1.82) is 0 Å². The average Bonchev–Trinajstić information content (AvgIpc) is 2.28. The van der Waals surface area contributed by atoms with Gasteiger partial charge in [-0.3, -0.25) is 4.79 Å². The van der Waals surface area contributed by atoms with Gasteiger partial charge in [-0.2, -0.15) is 5.10 Å². The first-order chi connectivity index (χ1) is 7.33. The number of carbonyl (C=O) groups excluding carboxylic acids is 1. The largest absolute Gasteiger partial charge is 0.372 e. The molecule has 1 rings (SSSR count). The fourth-order valence-electron chi connectivity index (χ4n) is 0.945. The first-order valence-electron chi connectivity index (χ1n) is 4.77. The van der Waals surface area contributed by atoms with Crippen LogP contribution < -0.4 is 5.43 Å². The van der Waals surface area contributed by atoms with Crippen molar-refractivity contribution in [3.63, 3.8) is 0 Å². The maximum Gasteiger partial charge on any atom is 0.266 e. The van der Waals surface area contributed by atoms with Crippen molar-refractivity contribution in [2.45, 2.75) is 6.92 Å². The summed E-state index contributed by atoms with van der Waals surface area (Å²) >= 11 is 0. The minimum Gasteiger partial charge on any atom is -0.372 e. The third-order valence-electron chi connectivity index (χ3n) is 1.64. The molecule has 0 heterocycles. The Labute approximate surface area is 88.9 Å². The lowest BCUT2D eigenvalue weighted by Crippen LogP contribution is -2.22. The molecule has 0 spiro atoms. The van der Waals surface area contributed by atoms with E-state index < -0.39 is 0 Å². The van der Waals surface area contributed by atoms with Crippen molar-refractivity contribution in [2.24, 2.45) is 5.10 Å². The second kappa shape index (κ2) is 6.73. The predicted octanol–water partition coefficient (Wildman–Crippen LogP) is 1.17. The second-order valence-corrected chi connectivity index (χ2v) is 2.84.